The van der Waals surface area contributed by atoms with Crippen LogP contribution in [0.3, 0.4) is 0 Å². The number of amides is 1. The fraction of sp³-hybridized carbons (Fsp3) is 0.133. The van der Waals surface area contributed by atoms with E-state index in [0.29, 0.717) is 5.69 Å². The molecule has 0 aromatic heterocycles. The highest BCUT2D eigenvalue weighted by Gasteiger charge is 2.27. The van der Waals surface area contributed by atoms with E-state index in [1.807, 2.05) is 24.3 Å². The fourth-order valence-corrected chi connectivity index (χ4v) is 3.28. The third-order valence-electron chi connectivity index (χ3n) is 3.05. The van der Waals surface area contributed by atoms with Gasteiger partial charge in [0.2, 0.25) is 5.91 Å². The number of fused-ring (bicyclic) bond motifs is 1. The zero-order chi connectivity index (χ0) is 13.2. The fourth-order valence-electron chi connectivity index (χ4n) is 2.08. The molecule has 1 heterocycles. The first-order chi connectivity index (χ1) is 9.22. The van der Waals surface area contributed by atoms with Crippen LogP contribution in [0.5, 0.6) is 0 Å². The third kappa shape index (κ3) is 2.63. The summed E-state index contributed by atoms with van der Waals surface area (Å²) in [5, 5.41) is 2.71. The van der Waals surface area contributed by atoms with E-state index >= 15 is 0 Å². The average Bonchev–Trinajstić information content (AvgIpc) is 2.85. The summed E-state index contributed by atoms with van der Waals surface area (Å²) in [5.74, 6) is -0.339. The smallest absolute Gasteiger partial charge is 0.238 e. The van der Waals surface area contributed by atoms with Crippen LogP contribution in [0.2, 0.25) is 0 Å². The van der Waals surface area contributed by atoms with Crippen molar-refractivity contribution in [3.63, 3.8) is 0 Å². The van der Waals surface area contributed by atoms with Crippen LogP contribution >= 0.6 is 11.8 Å². The van der Waals surface area contributed by atoms with E-state index in [1.165, 1.54) is 22.6 Å². The molecule has 3 rings (SSSR count). The molecule has 2 aromatic carbocycles. The molecule has 1 aliphatic rings. The van der Waals surface area contributed by atoms with Gasteiger partial charge in [-0.3, -0.25) is 4.79 Å². The molecular weight excluding hydrogens is 261 g/mol. The lowest BCUT2D eigenvalue weighted by atomic mass is 10.1. The minimum absolute atomic E-state index is 0.0344. The largest absolute Gasteiger partial charge is 0.325 e. The first kappa shape index (κ1) is 12.2. The van der Waals surface area contributed by atoms with Crippen molar-refractivity contribution in [2.24, 2.45) is 0 Å². The maximum Gasteiger partial charge on any atom is 0.238 e. The van der Waals surface area contributed by atoms with Gasteiger partial charge in [-0.1, -0.05) is 18.2 Å². The predicted molar refractivity (Wildman–Crippen MR) is 74.8 cm³/mol. The van der Waals surface area contributed by atoms with Crippen LogP contribution in [-0.4, -0.2) is 11.2 Å². The second-order valence-corrected chi connectivity index (χ2v) is 5.66. The van der Waals surface area contributed by atoms with Crippen molar-refractivity contribution in [3.8, 4) is 0 Å². The van der Waals surface area contributed by atoms with Gasteiger partial charge in [-0.25, -0.2) is 4.39 Å². The van der Waals surface area contributed by atoms with Gasteiger partial charge in [-0.05, 0) is 42.3 Å². The molecule has 4 heteroatoms. The highest BCUT2D eigenvalue weighted by Crippen LogP contribution is 2.37. The van der Waals surface area contributed by atoms with E-state index in [4.69, 9.17) is 0 Å². The monoisotopic (exact) mass is 273 g/mol. The molecule has 1 unspecified atom stereocenters. The van der Waals surface area contributed by atoms with Crippen LogP contribution in [0, 0.1) is 5.82 Å². The molecule has 96 valence electrons. The van der Waals surface area contributed by atoms with Crippen molar-refractivity contribution in [2.75, 3.05) is 5.32 Å². The zero-order valence-corrected chi connectivity index (χ0v) is 10.9. The number of halogens is 1. The predicted octanol–water partition coefficient (Wildman–Crippen LogP) is 3.48. The number of anilines is 1. The van der Waals surface area contributed by atoms with Crippen LogP contribution in [0.1, 0.15) is 5.56 Å². The van der Waals surface area contributed by atoms with E-state index in [2.05, 4.69) is 5.32 Å². The van der Waals surface area contributed by atoms with Crippen molar-refractivity contribution in [2.45, 2.75) is 16.6 Å². The number of hydrogen-bond acceptors (Lipinski definition) is 2. The Morgan fingerprint density at radius 2 is 1.89 bits per heavy atom. The second-order valence-electron chi connectivity index (χ2n) is 4.41. The van der Waals surface area contributed by atoms with E-state index in [9.17, 15) is 9.18 Å². The summed E-state index contributed by atoms with van der Waals surface area (Å²) >= 11 is 1.58. The minimum atomic E-state index is -0.305. The molecular formula is C15H12FNOS. The molecule has 0 bridgehead atoms. The topological polar surface area (TPSA) is 29.1 Å². The van der Waals surface area contributed by atoms with E-state index < -0.39 is 0 Å². The Hall–Kier alpha value is -1.81. The third-order valence-corrected chi connectivity index (χ3v) is 4.37. The number of carbonyl (C=O) groups is 1. The summed E-state index contributed by atoms with van der Waals surface area (Å²) in [7, 11) is 0. The Labute approximate surface area is 115 Å². The summed E-state index contributed by atoms with van der Waals surface area (Å²) in [4.78, 5) is 13.3. The summed E-state index contributed by atoms with van der Waals surface area (Å²) < 4.78 is 12.8. The van der Waals surface area contributed by atoms with Gasteiger partial charge in [0.1, 0.15) is 5.82 Å². The van der Waals surface area contributed by atoms with Gasteiger partial charge in [-0.15, -0.1) is 11.8 Å². The zero-order valence-electron chi connectivity index (χ0n) is 10.1. The Morgan fingerprint density at radius 3 is 2.63 bits per heavy atom. The van der Waals surface area contributed by atoms with E-state index in [0.717, 1.165) is 6.42 Å². The average molecular weight is 273 g/mol. The summed E-state index contributed by atoms with van der Waals surface area (Å²) in [6.07, 6.45) is 0.744. The summed E-state index contributed by atoms with van der Waals surface area (Å²) in [6, 6.07) is 13.9. The number of benzene rings is 2. The maximum absolute atomic E-state index is 12.8. The van der Waals surface area contributed by atoms with Gasteiger partial charge in [0.05, 0.1) is 5.25 Å². The van der Waals surface area contributed by atoms with Crippen LogP contribution in [-0.2, 0) is 11.2 Å². The highest BCUT2D eigenvalue weighted by molar-refractivity contribution is 8.01. The minimum Gasteiger partial charge on any atom is -0.325 e. The Morgan fingerprint density at radius 1 is 1.16 bits per heavy atom. The molecule has 1 N–H and O–H groups in total. The van der Waals surface area contributed by atoms with E-state index in [-0.39, 0.29) is 17.0 Å². The van der Waals surface area contributed by atoms with Gasteiger partial charge in [0.15, 0.2) is 0 Å². The van der Waals surface area contributed by atoms with E-state index in [1.54, 1.807) is 23.9 Å². The van der Waals surface area contributed by atoms with Crippen LogP contribution < -0.4 is 5.32 Å². The normalized spacial score (nSPS) is 17.0. The molecule has 0 radical (unpaired) electrons. The molecule has 1 aliphatic heterocycles. The quantitative estimate of drug-likeness (QED) is 0.907. The van der Waals surface area contributed by atoms with Gasteiger partial charge in [-0.2, -0.15) is 0 Å². The molecule has 2 nitrogen and oxygen atoms in total. The van der Waals surface area contributed by atoms with Crippen molar-refractivity contribution < 1.29 is 9.18 Å². The molecule has 0 fully saturated rings. The van der Waals surface area contributed by atoms with Crippen LogP contribution in [0.4, 0.5) is 10.1 Å². The van der Waals surface area contributed by atoms with Crippen molar-refractivity contribution in [3.05, 3.63) is 59.9 Å². The van der Waals surface area contributed by atoms with Gasteiger partial charge < -0.3 is 5.32 Å². The van der Waals surface area contributed by atoms with Crippen LogP contribution in [0.25, 0.3) is 0 Å². The molecule has 0 spiro atoms. The Kier molecular flexibility index (Phi) is 3.25. The van der Waals surface area contributed by atoms with Crippen molar-refractivity contribution >= 4 is 23.4 Å². The number of nitrogens with one attached hydrogen (secondary N) is 1. The number of rotatable bonds is 2. The molecule has 1 atom stereocenters. The Balaban J connectivity index is 1.68. The first-order valence-electron chi connectivity index (χ1n) is 6.03. The molecule has 0 saturated carbocycles. The Bertz CT molecular complexity index is 587. The van der Waals surface area contributed by atoms with Gasteiger partial charge in [0.25, 0.3) is 0 Å². The second kappa shape index (κ2) is 5.05. The molecule has 1 amide bonds. The lowest BCUT2D eigenvalue weighted by Gasteiger charge is -2.09. The standard InChI is InChI=1S/C15H12FNOS/c16-11-5-7-12(8-6-11)17-15(18)14-9-10-3-1-2-4-13(10)19-14/h1-8,14H,9H2,(H,17,18). The SMILES string of the molecule is O=C(Nc1ccc(F)cc1)C1Cc2ccccc2S1. The lowest BCUT2D eigenvalue weighted by molar-refractivity contribution is -0.115. The maximum atomic E-state index is 12.8. The number of thioether (sulfide) groups is 1. The number of hydrogen-bond donors (Lipinski definition) is 1. The lowest BCUT2D eigenvalue weighted by Crippen LogP contribution is -2.24. The van der Waals surface area contributed by atoms with Crippen molar-refractivity contribution in [1.29, 1.82) is 0 Å². The van der Waals surface area contributed by atoms with Crippen molar-refractivity contribution in [1.82, 2.24) is 0 Å². The molecule has 2 aromatic rings. The van der Waals surface area contributed by atoms with Gasteiger partial charge >= 0.3 is 0 Å². The first-order valence-corrected chi connectivity index (χ1v) is 6.91. The molecule has 0 aliphatic carbocycles. The van der Waals surface area contributed by atoms with Gasteiger partial charge in [0, 0.05) is 10.6 Å². The highest BCUT2D eigenvalue weighted by atomic mass is 32.2. The number of carbonyl (C=O) groups excluding carboxylic acids is 1. The summed E-state index contributed by atoms with van der Waals surface area (Å²) in [6.45, 7) is 0. The molecule has 0 saturated heterocycles. The molecule has 19 heavy (non-hydrogen) atoms. The van der Waals surface area contributed by atoms with Crippen LogP contribution in [0.15, 0.2) is 53.4 Å². The summed E-state index contributed by atoms with van der Waals surface area (Å²) in [5.41, 5.74) is 1.84.